The fraction of sp³-hybridized carbons (Fsp3) is 0.889. The van der Waals surface area contributed by atoms with Gasteiger partial charge in [0.05, 0.1) is 6.54 Å². The smallest absolute Gasteiger partial charge is 0.233 e. The van der Waals surface area contributed by atoms with Crippen LogP contribution >= 0.6 is 0 Å². The monoisotopic (exact) mass is 188 g/mol. The topological polar surface area (TPSA) is 61.4 Å². The van der Waals surface area contributed by atoms with Crippen molar-refractivity contribution in [2.45, 2.75) is 19.8 Å². The molecular formula is C9H20N2O2. The molecule has 0 aliphatic rings. The van der Waals surface area contributed by atoms with Gasteiger partial charge in [-0.1, -0.05) is 6.92 Å². The first kappa shape index (κ1) is 12.4. The summed E-state index contributed by atoms with van der Waals surface area (Å²) in [7, 11) is 1.62. The highest BCUT2D eigenvalue weighted by atomic mass is 16.3. The molecule has 0 radical (unpaired) electrons. The van der Waals surface area contributed by atoms with Gasteiger partial charge >= 0.3 is 0 Å². The molecule has 0 aromatic heterocycles. The fourth-order valence-electron chi connectivity index (χ4n) is 0.957. The van der Waals surface area contributed by atoms with E-state index in [9.17, 15) is 4.79 Å². The zero-order valence-corrected chi connectivity index (χ0v) is 8.47. The molecule has 1 amide bonds. The van der Waals surface area contributed by atoms with Crippen molar-refractivity contribution in [3.63, 3.8) is 0 Å². The van der Waals surface area contributed by atoms with Gasteiger partial charge in [-0.15, -0.1) is 0 Å². The SMILES string of the molecule is CNC(=O)CNCCCC(C)CO. The molecule has 0 saturated carbocycles. The van der Waals surface area contributed by atoms with E-state index in [2.05, 4.69) is 10.6 Å². The summed E-state index contributed by atoms with van der Waals surface area (Å²) in [5, 5.41) is 14.3. The number of aliphatic hydroxyl groups is 1. The maximum atomic E-state index is 10.8. The number of hydrogen-bond donors (Lipinski definition) is 3. The van der Waals surface area contributed by atoms with Gasteiger partial charge in [0.1, 0.15) is 0 Å². The Balaban J connectivity index is 3.12. The lowest BCUT2D eigenvalue weighted by atomic mass is 10.1. The molecule has 0 bridgehead atoms. The van der Waals surface area contributed by atoms with E-state index < -0.39 is 0 Å². The predicted octanol–water partition coefficient (Wildman–Crippen LogP) is -0.269. The number of carbonyl (C=O) groups is 1. The second-order valence-electron chi connectivity index (χ2n) is 3.28. The van der Waals surface area contributed by atoms with Crippen molar-refractivity contribution in [1.82, 2.24) is 10.6 Å². The first-order valence-corrected chi connectivity index (χ1v) is 4.72. The molecule has 13 heavy (non-hydrogen) atoms. The van der Waals surface area contributed by atoms with E-state index in [-0.39, 0.29) is 12.5 Å². The minimum atomic E-state index is 0.00945. The molecular weight excluding hydrogens is 168 g/mol. The van der Waals surface area contributed by atoms with E-state index >= 15 is 0 Å². The lowest BCUT2D eigenvalue weighted by Crippen LogP contribution is -2.31. The van der Waals surface area contributed by atoms with Gasteiger partial charge in [0.2, 0.25) is 5.91 Å². The van der Waals surface area contributed by atoms with E-state index in [0.717, 1.165) is 19.4 Å². The molecule has 78 valence electrons. The lowest BCUT2D eigenvalue weighted by Gasteiger charge is -2.07. The number of likely N-dealkylation sites (N-methyl/N-ethyl adjacent to an activating group) is 1. The van der Waals surface area contributed by atoms with Crippen LogP contribution in [-0.4, -0.2) is 37.8 Å². The second kappa shape index (κ2) is 8.01. The van der Waals surface area contributed by atoms with Crippen LogP contribution in [-0.2, 0) is 4.79 Å². The highest BCUT2D eigenvalue weighted by Crippen LogP contribution is 2.02. The summed E-state index contributed by atoms with van der Waals surface area (Å²) in [4.78, 5) is 10.8. The van der Waals surface area contributed by atoms with Crippen LogP contribution in [0.2, 0.25) is 0 Å². The molecule has 0 saturated heterocycles. The molecule has 0 fully saturated rings. The largest absolute Gasteiger partial charge is 0.396 e. The molecule has 1 atom stereocenters. The van der Waals surface area contributed by atoms with E-state index in [1.165, 1.54) is 0 Å². The Hall–Kier alpha value is -0.610. The first-order valence-electron chi connectivity index (χ1n) is 4.72. The Labute approximate surface area is 79.7 Å². The van der Waals surface area contributed by atoms with Crippen molar-refractivity contribution < 1.29 is 9.90 Å². The molecule has 0 aromatic rings. The standard InChI is InChI=1S/C9H20N2O2/c1-8(7-12)4-3-5-11-6-9(13)10-2/h8,11-12H,3-7H2,1-2H3,(H,10,13). The maximum Gasteiger partial charge on any atom is 0.233 e. The van der Waals surface area contributed by atoms with E-state index in [1.807, 2.05) is 6.92 Å². The number of aliphatic hydroxyl groups excluding tert-OH is 1. The van der Waals surface area contributed by atoms with Gasteiger partial charge in [-0.25, -0.2) is 0 Å². The average Bonchev–Trinajstić information content (AvgIpc) is 2.16. The van der Waals surface area contributed by atoms with Crippen LogP contribution in [0.4, 0.5) is 0 Å². The lowest BCUT2D eigenvalue weighted by molar-refractivity contribution is -0.119. The van der Waals surface area contributed by atoms with Crippen molar-refractivity contribution in [2.75, 3.05) is 26.7 Å². The van der Waals surface area contributed by atoms with Gasteiger partial charge in [-0.05, 0) is 25.3 Å². The van der Waals surface area contributed by atoms with Gasteiger partial charge in [0.25, 0.3) is 0 Å². The van der Waals surface area contributed by atoms with Gasteiger partial charge in [0, 0.05) is 13.7 Å². The van der Waals surface area contributed by atoms with Gasteiger partial charge in [-0.2, -0.15) is 0 Å². The van der Waals surface area contributed by atoms with Crippen LogP contribution in [0.5, 0.6) is 0 Å². The third-order valence-corrected chi connectivity index (χ3v) is 1.93. The Morgan fingerprint density at radius 2 is 2.23 bits per heavy atom. The Morgan fingerprint density at radius 1 is 1.54 bits per heavy atom. The minimum absolute atomic E-state index is 0.00945. The van der Waals surface area contributed by atoms with Crippen molar-refractivity contribution in [2.24, 2.45) is 5.92 Å². The first-order chi connectivity index (χ1) is 6.20. The quantitative estimate of drug-likeness (QED) is 0.482. The van der Waals surface area contributed by atoms with Crippen molar-refractivity contribution >= 4 is 5.91 Å². The van der Waals surface area contributed by atoms with Gasteiger partial charge < -0.3 is 15.7 Å². The zero-order chi connectivity index (χ0) is 10.1. The van der Waals surface area contributed by atoms with Crippen LogP contribution in [0, 0.1) is 5.92 Å². The summed E-state index contributed by atoms with van der Waals surface area (Å²) >= 11 is 0. The highest BCUT2D eigenvalue weighted by molar-refractivity contribution is 5.77. The molecule has 4 heteroatoms. The van der Waals surface area contributed by atoms with Crippen molar-refractivity contribution in [1.29, 1.82) is 0 Å². The third kappa shape index (κ3) is 7.74. The average molecular weight is 188 g/mol. The number of hydrogen-bond acceptors (Lipinski definition) is 3. The Bertz CT molecular complexity index is 140. The van der Waals surface area contributed by atoms with Crippen molar-refractivity contribution in [3.05, 3.63) is 0 Å². The van der Waals surface area contributed by atoms with Crippen LogP contribution in [0.15, 0.2) is 0 Å². The zero-order valence-electron chi connectivity index (χ0n) is 8.47. The predicted molar refractivity (Wildman–Crippen MR) is 52.4 cm³/mol. The van der Waals surface area contributed by atoms with E-state index in [0.29, 0.717) is 12.5 Å². The molecule has 4 nitrogen and oxygen atoms in total. The van der Waals surface area contributed by atoms with Crippen LogP contribution in [0.3, 0.4) is 0 Å². The molecule has 0 aromatic carbocycles. The summed E-state index contributed by atoms with van der Waals surface area (Å²) < 4.78 is 0. The molecule has 0 rings (SSSR count). The Kier molecular flexibility index (Phi) is 7.63. The van der Waals surface area contributed by atoms with Gasteiger partial charge in [0.15, 0.2) is 0 Å². The van der Waals surface area contributed by atoms with Crippen LogP contribution in [0.1, 0.15) is 19.8 Å². The Morgan fingerprint density at radius 3 is 2.77 bits per heavy atom. The normalized spacial score (nSPS) is 12.5. The molecule has 0 spiro atoms. The summed E-state index contributed by atoms with van der Waals surface area (Å²) in [5.74, 6) is 0.372. The minimum Gasteiger partial charge on any atom is -0.396 e. The number of carbonyl (C=O) groups excluding carboxylic acids is 1. The van der Waals surface area contributed by atoms with E-state index in [1.54, 1.807) is 7.05 Å². The summed E-state index contributed by atoms with van der Waals surface area (Å²) in [6.45, 7) is 3.47. The molecule has 0 aliphatic carbocycles. The van der Waals surface area contributed by atoms with Gasteiger partial charge in [-0.3, -0.25) is 4.79 Å². The molecule has 0 aliphatic heterocycles. The maximum absolute atomic E-state index is 10.8. The molecule has 0 heterocycles. The van der Waals surface area contributed by atoms with Crippen LogP contribution < -0.4 is 10.6 Å². The second-order valence-corrected chi connectivity index (χ2v) is 3.28. The molecule has 1 unspecified atom stereocenters. The number of amides is 1. The molecule has 3 N–H and O–H groups in total. The van der Waals surface area contributed by atoms with Crippen LogP contribution in [0.25, 0.3) is 0 Å². The van der Waals surface area contributed by atoms with Crippen molar-refractivity contribution in [3.8, 4) is 0 Å². The van der Waals surface area contributed by atoms with E-state index in [4.69, 9.17) is 5.11 Å². The highest BCUT2D eigenvalue weighted by Gasteiger charge is 1.99. The summed E-state index contributed by atoms with van der Waals surface area (Å²) in [6, 6.07) is 0. The third-order valence-electron chi connectivity index (χ3n) is 1.93. The number of nitrogens with one attached hydrogen (secondary N) is 2. The fourth-order valence-corrected chi connectivity index (χ4v) is 0.957. The summed E-state index contributed by atoms with van der Waals surface area (Å²) in [6.07, 6.45) is 2.00. The summed E-state index contributed by atoms with van der Waals surface area (Å²) in [5.41, 5.74) is 0. The number of rotatable bonds is 7.